The monoisotopic (exact) mass is 281 g/mol. The van der Waals surface area contributed by atoms with Crippen LogP contribution in [-0.2, 0) is 9.47 Å². The van der Waals surface area contributed by atoms with Crippen LogP contribution in [0.1, 0.15) is 22.5 Å². The Kier molecular flexibility index (Phi) is 6.97. The second-order valence-electron chi connectivity index (χ2n) is 4.53. The van der Waals surface area contributed by atoms with Crippen LogP contribution in [0, 0.1) is 6.92 Å². The van der Waals surface area contributed by atoms with Crippen LogP contribution >= 0.6 is 0 Å². The summed E-state index contributed by atoms with van der Waals surface area (Å²) in [5.74, 6) is -0.0737. The van der Waals surface area contributed by atoms with Crippen molar-refractivity contribution in [3.05, 3.63) is 23.5 Å². The van der Waals surface area contributed by atoms with Gasteiger partial charge in [-0.15, -0.1) is 0 Å². The molecule has 1 heterocycles. The van der Waals surface area contributed by atoms with E-state index >= 15 is 0 Å². The van der Waals surface area contributed by atoms with E-state index < -0.39 is 0 Å². The summed E-state index contributed by atoms with van der Waals surface area (Å²) in [7, 11) is 3.26. The van der Waals surface area contributed by atoms with Gasteiger partial charge in [-0.25, -0.2) is 0 Å². The van der Waals surface area contributed by atoms with Crippen LogP contribution in [0.25, 0.3) is 0 Å². The van der Waals surface area contributed by atoms with Crippen molar-refractivity contribution < 1.29 is 14.3 Å². The molecule has 0 saturated heterocycles. The number of aryl methyl sites for hydroxylation is 1. The molecule has 0 radical (unpaired) electrons. The van der Waals surface area contributed by atoms with Gasteiger partial charge in [-0.2, -0.15) is 0 Å². The number of hydrogen-bond donors (Lipinski definition) is 1. The van der Waals surface area contributed by atoms with Gasteiger partial charge in [0.25, 0.3) is 5.91 Å². The van der Waals surface area contributed by atoms with E-state index in [0.29, 0.717) is 43.2 Å². The SMILES string of the molecule is COCCCN(CCOC)C(=O)c1cc(N)cnc1C. The smallest absolute Gasteiger partial charge is 0.255 e. The maximum Gasteiger partial charge on any atom is 0.255 e. The summed E-state index contributed by atoms with van der Waals surface area (Å²) in [6, 6.07) is 1.67. The Morgan fingerprint density at radius 3 is 2.65 bits per heavy atom. The average molecular weight is 281 g/mol. The molecule has 6 nitrogen and oxygen atoms in total. The zero-order valence-corrected chi connectivity index (χ0v) is 12.4. The highest BCUT2D eigenvalue weighted by Gasteiger charge is 2.18. The minimum atomic E-state index is -0.0737. The number of carbonyl (C=O) groups is 1. The van der Waals surface area contributed by atoms with Gasteiger partial charge in [0.15, 0.2) is 0 Å². The predicted octanol–water partition coefficient (Wildman–Crippen LogP) is 1.10. The van der Waals surface area contributed by atoms with Gasteiger partial charge in [0.05, 0.1) is 29.7 Å². The summed E-state index contributed by atoms with van der Waals surface area (Å²) in [6.45, 7) is 4.06. The van der Waals surface area contributed by atoms with Crippen molar-refractivity contribution in [2.75, 3.05) is 46.3 Å². The lowest BCUT2D eigenvalue weighted by atomic mass is 10.1. The standard InChI is InChI=1S/C14H23N3O3/c1-11-13(9-12(15)10-16-11)14(18)17(6-8-20-3)5-4-7-19-2/h9-10H,4-8,15H2,1-3H3. The Labute approximate surface area is 119 Å². The minimum Gasteiger partial charge on any atom is -0.397 e. The summed E-state index contributed by atoms with van der Waals surface area (Å²) >= 11 is 0. The van der Waals surface area contributed by atoms with Crippen molar-refractivity contribution in [1.82, 2.24) is 9.88 Å². The largest absolute Gasteiger partial charge is 0.397 e. The Morgan fingerprint density at radius 2 is 2.00 bits per heavy atom. The summed E-state index contributed by atoms with van der Waals surface area (Å²) in [6.07, 6.45) is 2.33. The number of methoxy groups -OCH3 is 2. The Hall–Kier alpha value is -1.66. The van der Waals surface area contributed by atoms with Crippen LogP contribution in [-0.4, -0.2) is 56.3 Å². The minimum absolute atomic E-state index is 0.0737. The van der Waals surface area contributed by atoms with Crippen LogP contribution in [0.4, 0.5) is 5.69 Å². The van der Waals surface area contributed by atoms with Gasteiger partial charge < -0.3 is 20.1 Å². The number of rotatable bonds is 8. The van der Waals surface area contributed by atoms with Crippen molar-refractivity contribution in [2.24, 2.45) is 0 Å². The van der Waals surface area contributed by atoms with Gasteiger partial charge in [0, 0.05) is 33.9 Å². The van der Waals surface area contributed by atoms with Crippen LogP contribution in [0.15, 0.2) is 12.3 Å². The molecule has 0 aliphatic heterocycles. The van der Waals surface area contributed by atoms with Gasteiger partial charge >= 0.3 is 0 Å². The molecule has 0 atom stereocenters. The van der Waals surface area contributed by atoms with Crippen LogP contribution in [0.2, 0.25) is 0 Å². The zero-order valence-electron chi connectivity index (χ0n) is 12.4. The van der Waals surface area contributed by atoms with Crippen molar-refractivity contribution in [1.29, 1.82) is 0 Å². The van der Waals surface area contributed by atoms with Gasteiger partial charge in [0.2, 0.25) is 0 Å². The van der Waals surface area contributed by atoms with Crippen LogP contribution < -0.4 is 5.73 Å². The van der Waals surface area contributed by atoms with E-state index in [1.54, 1.807) is 38.3 Å². The molecule has 1 amide bonds. The van der Waals surface area contributed by atoms with E-state index in [1.165, 1.54) is 0 Å². The summed E-state index contributed by atoms with van der Waals surface area (Å²) in [5, 5.41) is 0. The molecule has 6 heteroatoms. The number of nitrogens with zero attached hydrogens (tertiary/aromatic N) is 2. The maximum absolute atomic E-state index is 12.6. The lowest BCUT2D eigenvalue weighted by Gasteiger charge is -2.23. The topological polar surface area (TPSA) is 77.7 Å². The lowest BCUT2D eigenvalue weighted by molar-refractivity contribution is 0.0673. The maximum atomic E-state index is 12.6. The molecular formula is C14H23N3O3. The van der Waals surface area contributed by atoms with Crippen LogP contribution in [0.3, 0.4) is 0 Å². The Bertz CT molecular complexity index is 438. The first-order chi connectivity index (χ1) is 9.60. The highest BCUT2D eigenvalue weighted by Crippen LogP contribution is 2.13. The highest BCUT2D eigenvalue weighted by atomic mass is 16.5. The average Bonchev–Trinajstić information content (AvgIpc) is 2.44. The molecule has 0 saturated carbocycles. The third-order valence-electron chi connectivity index (χ3n) is 2.97. The number of amides is 1. The molecule has 112 valence electrons. The second kappa shape index (κ2) is 8.50. The van der Waals surface area contributed by atoms with E-state index in [0.717, 1.165) is 6.42 Å². The molecular weight excluding hydrogens is 258 g/mol. The quantitative estimate of drug-likeness (QED) is 0.722. The molecule has 0 aliphatic rings. The highest BCUT2D eigenvalue weighted by molar-refractivity contribution is 5.96. The molecule has 0 spiro atoms. The van der Waals surface area contributed by atoms with Gasteiger partial charge in [-0.3, -0.25) is 9.78 Å². The van der Waals surface area contributed by atoms with Crippen molar-refractivity contribution in [3.63, 3.8) is 0 Å². The third-order valence-corrected chi connectivity index (χ3v) is 2.97. The summed E-state index contributed by atoms with van der Waals surface area (Å²) in [5.41, 5.74) is 7.42. The van der Waals surface area contributed by atoms with Crippen molar-refractivity contribution >= 4 is 11.6 Å². The van der Waals surface area contributed by atoms with E-state index in [1.807, 2.05) is 0 Å². The van der Waals surface area contributed by atoms with Gasteiger partial charge in [-0.1, -0.05) is 0 Å². The lowest BCUT2D eigenvalue weighted by Crippen LogP contribution is -2.35. The molecule has 1 aromatic heterocycles. The second-order valence-corrected chi connectivity index (χ2v) is 4.53. The number of pyridine rings is 1. The number of aromatic nitrogens is 1. The predicted molar refractivity (Wildman–Crippen MR) is 77.7 cm³/mol. The molecule has 0 unspecified atom stereocenters. The fraction of sp³-hybridized carbons (Fsp3) is 0.571. The number of anilines is 1. The van der Waals surface area contributed by atoms with Crippen molar-refractivity contribution in [2.45, 2.75) is 13.3 Å². The molecule has 1 rings (SSSR count). The van der Waals surface area contributed by atoms with Crippen LogP contribution in [0.5, 0.6) is 0 Å². The van der Waals surface area contributed by atoms with Crippen molar-refractivity contribution in [3.8, 4) is 0 Å². The number of hydrogen-bond acceptors (Lipinski definition) is 5. The number of carbonyl (C=O) groups excluding carboxylic acids is 1. The van der Waals surface area contributed by atoms with E-state index in [4.69, 9.17) is 15.2 Å². The van der Waals surface area contributed by atoms with E-state index in [2.05, 4.69) is 4.98 Å². The molecule has 20 heavy (non-hydrogen) atoms. The Morgan fingerprint density at radius 1 is 1.30 bits per heavy atom. The number of nitrogens with two attached hydrogens (primary N) is 1. The first-order valence-electron chi connectivity index (χ1n) is 6.59. The molecule has 0 bridgehead atoms. The fourth-order valence-corrected chi connectivity index (χ4v) is 1.85. The number of ether oxygens (including phenoxy) is 2. The Balaban J connectivity index is 2.82. The first-order valence-corrected chi connectivity index (χ1v) is 6.59. The molecule has 1 aromatic rings. The normalized spacial score (nSPS) is 10.6. The summed E-state index contributed by atoms with van der Waals surface area (Å²) in [4.78, 5) is 18.4. The van der Waals surface area contributed by atoms with Gasteiger partial charge in [-0.05, 0) is 19.4 Å². The number of nitrogen functional groups attached to an aromatic ring is 1. The first kappa shape index (κ1) is 16.4. The third kappa shape index (κ3) is 4.79. The fourth-order valence-electron chi connectivity index (χ4n) is 1.85. The summed E-state index contributed by atoms with van der Waals surface area (Å²) < 4.78 is 10.1. The molecule has 0 fully saturated rings. The van der Waals surface area contributed by atoms with Gasteiger partial charge in [0.1, 0.15) is 0 Å². The molecule has 2 N–H and O–H groups in total. The van der Waals surface area contributed by atoms with E-state index in [9.17, 15) is 4.79 Å². The zero-order chi connectivity index (χ0) is 15.0. The van der Waals surface area contributed by atoms with E-state index in [-0.39, 0.29) is 5.91 Å². The molecule has 0 aromatic carbocycles. The molecule has 0 aliphatic carbocycles.